The summed E-state index contributed by atoms with van der Waals surface area (Å²) in [5.41, 5.74) is 10.3. The molecule has 4 nitrogen and oxygen atoms in total. The summed E-state index contributed by atoms with van der Waals surface area (Å²) >= 11 is 0. The molecular formula is C17H23N3O. The molecule has 112 valence electrons. The van der Waals surface area contributed by atoms with Gasteiger partial charge >= 0.3 is 0 Å². The van der Waals surface area contributed by atoms with Gasteiger partial charge in [0.15, 0.2) is 0 Å². The van der Waals surface area contributed by atoms with Crippen molar-refractivity contribution in [3.05, 3.63) is 47.3 Å². The molecule has 2 aromatic rings. The van der Waals surface area contributed by atoms with Crippen molar-refractivity contribution in [3.63, 3.8) is 0 Å². The number of carbonyl (C=O) groups excluding carboxylic acids is 1. The van der Waals surface area contributed by atoms with Gasteiger partial charge in [0.05, 0.1) is 5.69 Å². The maximum Gasteiger partial charge on any atom is 0.274 e. The minimum absolute atomic E-state index is 0.0487. The molecule has 0 aliphatic carbocycles. The second kappa shape index (κ2) is 5.64. The van der Waals surface area contributed by atoms with Gasteiger partial charge in [-0.25, -0.2) is 0 Å². The van der Waals surface area contributed by atoms with Crippen molar-refractivity contribution in [2.75, 3.05) is 17.7 Å². The highest BCUT2D eigenvalue weighted by Gasteiger charge is 2.20. The van der Waals surface area contributed by atoms with Gasteiger partial charge in [-0.05, 0) is 45.4 Å². The Morgan fingerprint density at radius 2 is 1.90 bits per heavy atom. The van der Waals surface area contributed by atoms with Gasteiger partial charge in [-0.2, -0.15) is 0 Å². The van der Waals surface area contributed by atoms with E-state index in [-0.39, 0.29) is 11.9 Å². The number of nitrogens with two attached hydrogens (primary N) is 1. The fourth-order valence-electron chi connectivity index (χ4n) is 2.56. The average Bonchev–Trinajstić information content (AvgIpc) is 2.79. The molecule has 4 heteroatoms. The average molecular weight is 285 g/mol. The van der Waals surface area contributed by atoms with E-state index in [0.717, 1.165) is 11.3 Å². The molecule has 0 unspecified atom stereocenters. The monoisotopic (exact) mass is 285 g/mol. The van der Waals surface area contributed by atoms with Crippen molar-refractivity contribution in [1.82, 2.24) is 4.57 Å². The molecular weight excluding hydrogens is 262 g/mol. The summed E-state index contributed by atoms with van der Waals surface area (Å²) in [4.78, 5) is 14.5. The van der Waals surface area contributed by atoms with Crippen LogP contribution in [0.25, 0.3) is 0 Å². The number of hydrogen-bond donors (Lipinski definition) is 1. The second-order valence-corrected chi connectivity index (χ2v) is 5.81. The van der Waals surface area contributed by atoms with E-state index in [2.05, 4.69) is 6.07 Å². The topological polar surface area (TPSA) is 51.3 Å². The third kappa shape index (κ3) is 2.94. The van der Waals surface area contributed by atoms with Crippen LogP contribution in [0.4, 0.5) is 11.4 Å². The van der Waals surface area contributed by atoms with Crippen molar-refractivity contribution in [2.45, 2.75) is 33.7 Å². The van der Waals surface area contributed by atoms with Gasteiger partial charge in [-0.1, -0.05) is 17.7 Å². The van der Waals surface area contributed by atoms with Gasteiger partial charge in [0.25, 0.3) is 5.91 Å². The number of nitrogens with zero attached hydrogens (tertiary/aromatic N) is 2. The minimum Gasteiger partial charge on any atom is -0.397 e. The quantitative estimate of drug-likeness (QED) is 0.937. The summed E-state index contributed by atoms with van der Waals surface area (Å²) in [6.07, 6.45) is 1.81. The number of aromatic nitrogens is 1. The van der Waals surface area contributed by atoms with E-state index in [1.807, 2.05) is 50.6 Å². The molecule has 0 aliphatic heterocycles. The number of hydrogen-bond acceptors (Lipinski definition) is 2. The second-order valence-electron chi connectivity index (χ2n) is 5.81. The Morgan fingerprint density at radius 1 is 1.24 bits per heavy atom. The Hall–Kier alpha value is -2.23. The fourth-order valence-corrected chi connectivity index (χ4v) is 2.56. The minimum atomic E-state index is -0.0487. The predicted octanol–water partition coefficient (Wildman–Crippen LogP) is 3.54. The first-order valence-electron chi connectivity index (χ1n) is 7.14. The van der Waals surface area contributed by atoms with E-state index in [4.69, 9.17) is 5.73 Å². The number of anilines is 2. The lowest BCUT2D eigenvalue weighted by molar-refractivity contribution is 0.0982. The zero-order valence-electron chi connectivity index (χ0n) is 13.3. The number of benzene rings is 1. The van der Waals surface area contributed by atoms with Gasteiger partial charge < -0.3 is 15.2 Å². The lowest BCUT2D eigenvalue weighted by Crippen LogP contribution is -2.29. The molecule has 0 fully saturated rings. The molecule has 0 radical (unpaired) electrons. The summed E-state index contributed by atoms with van der Waals surface area (Å²) in [6.45, 7) is 8.13. The maximum absolute atomic E-state index is 12.8. The molecule has 0 spiro atoms. The van der Waals surface area contributed by atoms with E-state index in [1.54, 1.807) is 18.0 Å². The van der Waals surface area contributed by atoms with Crippen LogP contribution >= 0.6 is 0 Å². The highest BCUT2D eigenvalue weighted by molar-refractivity contribution is 6.05. The van der Waals surface area contributed by atoms with Crippen LogP contribution < -0.4 is 10.6 Å². The molecule has 1 amide bonds. The van der Waals surface area contributed by atoms with E-state index in [1.165, 1.54) is 5.56 Å². The van der Waals surface area contributed by atoms with Crippen molar-refractivity contribution >= 4 is 17.3 Å². The van der Waals surface area contributed by atoms with Crippen LogP contribution in [-0.4, -0.2) is 17.5 Å². The third-order valence-corrected chi connectivity index (χ3v) is 3.66. The molecule has 0 saturated carbocycles. The van der Waals surface area contributed by atoms with E-state index < -0.39 is 0 Å². The molecule has 1 aromatic carbocycles. The van der Waals surface area contributed by atoms with Gasteiger partial charge in [0.1, 0.15) is 5.69 Å². The van der Waals surface area contributed by atoms with Gasteiger partial charge in [-0.15, -0.1) is 0 Å². The molecule has 2 N–H and O–H groups in total. The molecule has 2 rings (SSSR count). The lowest BCUT2D eigenvalue weighted by Gasteiger charge is -2.21. The molecule has 1 aromatic heterocycles. The summed E-state index contributed by atoms with van der Waals surface area (Å²) in [6, 6.07) is 8.00. The third-order valence-electron chi connectivity index (χ3n) is 3.66. The molecule has 0 aliphatic rings. The number of aryl methyl sites for hydroxylation is 2. The predicted molar refractivity (Wildman–Crippen MR) is 87.9 cm³/mol. The first kappa shape index (κ1) is 15.2. The first-order chi connectivity index (χ1) is 9.81. The molecule has 1 heterocycles. The number of carbonyl (C=O) groups is 1. The summed E-state index contributed by atoms with van der Waals surface area (Å²) in [5.74, 6) is -0.0487. The van der Waals surface area contributed by atoms with Crippen molar-refractivity contribution < 1.29 is 4.79 Å². The normalized spacial score (nSPS) is 11.0. The highest BCUT2D eigenvalue weighted by atomic mass is 16.2. The van der Waals surface area contributed by atoms with Crippen molar-refractivity contribution in [1.29, 1.82) is 0 Å². The van der Waals surface area contributed by atoms with Crippen LogP contribution in [0.5, 0.6) is 0 Å². The largest absolute Gasteiger partial charge is 0.397 e. The van der Waals surface area contributed by atoms with E-state index >= 15 is 0 Å². The van der Waals surface area contributed by atoms with Crippen molar-refractivity contribution in [2.24, 2.45) is 0 Å². The maximum atomic E-state index is 12.8. The van der Waals surface area contributed by atoms with E-state index in [0.29, 0.717) is 11.4 Å². The molecule has 21 heavy (non-hydrogen) atoms. The Morgan fingerprint density at radius 3 is 2.48 bits per heavy atom. The Kier molecular flexibility index (Phi) is 4.07. The van der Waals surface area contributed by atoms with Gasteiger partial charge in [-0.3, -0.25) is 4.79 Å². The highest BCUT2D eigenvalue weighted by Crippen LogP contribution is 2.24. The van der Waals surface area contributed by atoms with Crippen LogP contribution in [0.3, 0.4) is 0 Å². The zero-order valence-corrected chi connectivity index (χ0v) is 13.3. The molecule has 0 saturated heterocycles. The van der Waals surface area contributed by atoms with Crippen LogP contribution in [0.15, 0.2) is 30.5 Å². The van der Waals surface area contributed by atoms with Crippen molar-refractivity contribution in [3.8, 4) is 0 Å². The van der Waals surface area contributed by atoms with E-state index in [9.17, 15) is 4.79 Å². The smallest absolute Gasteiger partial charge is 0.274 e. The summed E-state index contributed by atoms with van der Waals surface area (Å²) < 4.78 is 1.91. The van der Waals surface area contributed by atoms with Crippen LogP contribution in [0.2, 0.25) is 0 Å². The van der Waals surface area contributed by atoms with Crippen LogP contribution in [-0.2, 0) is 0 Å². The molecule has 0 bridgehead atoms. The standard InChI is InChI=1S/C17H23N3O/c1-11(2)20-10-14(18)9-16(20)17(21)19(5)15-7-6-12(3)8-13(15)4/h6-11H,18H2,1-5H3. The fraction of sp³-hybridized carbons (Fsp3) is 0.353. The Labute approximate surface area is 126 Å². The van der Waals surface area contributed by atoms with Crippen LogP contribution in [0, 0.1) is 13.8 Å². The Balaban J connectivity index is 2.39. The SMILES string of the molecule is Cc1ccc(N(C)C(=O)c2cc(N)cn2C(C)C)c(C)c1. The molecule has 0 atom stereocenters. The summed E-state index contributed by atoms with van der Waals surface area (Å²) in [7, 11) is 1.80. The van der Waals surface area contributed by atoms with Gasteiger partial charge in [0, 0.05) is 25.0 Å². The zero-order chi connectivity index (χ0) is 15.7. The Bertz CT molecular complexity index is 671. The first-order valence-corrected chi connectivity index (χ1v) is 7.14. The number of amides is 1. The summed E-state index contributed by atoms with van der Waals surface area (Å²) in [5, 5.41) is 0. The van der Waals surface area contributed by atoms with Crippen LogP contribution in [0.1, 0.15) is 41.5 Å². The number of nitrogen functional groups attached to an aromatic ring is 1. The lowest BCUT2D eigenvalue weighted by atomic mass is 10.1. The van der Waals surface area contributed by atoms with Gasteiger partial charge in [0.2, 0.25) is 0 Å². The number of rotatable bonds is 3.